The van der Waals surface area contributed by atoms with E-state index in [4.69, 9.17) is 4.63 Å². The molecule has 2 heterocycles. The zero-order chi connectivity index (χ0) is 18.1. The first-order valence-corrected chi connectivity index (χ1v) is 8.67. The van der Waals surface area contributed by atoms with Crippen molar-refractivity contribution in [2.45, 2.75) is 59.2 Å². The third kappa shape index (κ3) is 3.58. The fourth-order valence-electron chi connectivity index (χ4n) is 3.47. The number of aryl methyl sites for hydroxylation is 1. The average molecular weight is 347 g/mol. The van der Waals surface area contributed by atoms with Crippen molar-refractivity contribution < 1.29 is 14.5 Å². The molecule has 2 aromatic rings. The van der Waals surface area contributed by atoms with E-state index in [2.05, 4.69) is 34.2 Å². The van der Waals surface area contributed by atoms with Crippen LogP contribution in [-0.4, -0.2) is 49.2 Å². The molecule has 0 aliphatic heterocycles. The Balaban J connectivity index is 1.81. The summed E-state index contributed by atoms with van der Waals surface area (Å²) in [6.07, 6.45) is 2.50. The second kappa shape index (κ2) is 6.95. The fourth-order valence-corrected chi connectivity index (χ4v) is 3.47. The van der Waals surface area contributed by atoms with Crippen molar-refractivity contribution in [3.05, 3.63) is 28.3 Å². The van der Waals surface area contributed by atoms with E-state index in [1.165, 1.54) is 0 Å². The maximum atomic E-state index is 11.6. The molecule has 1 N–H and O–H groups in total. The lowest BCUT2D eigenvalue weighted by Gasteiger charge is -2.31. The number of carboxylic acid groups (broad SMARTS) is 1. The number of rotatable bonds is 6. The number of carboxylic acids is 1. The number of aromatic nitrogens is 4. The summed E-state index contributed by atoms with van der Waals surface area (Å²) in [7, 11) is 2.03. The molecule has 0 unspecified atom stereocenters. The first kappa shape index (κ1) is 17.6. The molecule has 0 aromatic carbocycles. The molecule has 0 spiro atoms. The predicted octanol–water partition coefficient (Wildman–Crippen LogP) is 1.92. The van der Waals surface area contributed by atoms with Gasteiger partial charge < -0.3 is 5.11 Å². The molecule has 1 aliphatic rings. The highest BCUT2D eigenvalue weighted by molar-refractivity contribution is 5.87. The first-order chi connectivity index (χ1) is 11.9. The fraction of sp³-hybridized carbons (Fsp3) is 0.647. The number of likely N-dealkylation sites (N-methyl/N-ethyl adjacent to an activating group) is 1. The lowest BCUT2D eigenvalue weighted by molar-refractivity contribution is 0.0687. The Bertz CT molecular complexity index is 764. The Hall–Kier alpha value is -2.22. The van der Waals surface area contributed by atoms with Crippen LogP contribution < -0.4 is 0 Å². The van der Waals surface area contributed by atoms with Crippen LogP contribution in [0.2, 0.25) is 0 Å². The zero-order valence-corrected chi connectivity index (χ0v) is 15.2. The van der Waals surface area contributed by atoms with Crippen molar-refractivity contribution >= 4 is 5.97 Å². The quantitative estimate of drug-likeness (QED) is 0.852. The van der Waals surface area contributed by atoms with E-state index in [0.717, 1.165) is 42.0 Å². The Morgan fingerprint density at radius 1 is 1.44 bits per heavy atom. The highest BCUT2D eigenvalue weighted by Crippen LogP contribution is 2.28. The van der Waals surface area contributed by atoms with Gasteiger partial charge in [0.1, 0.15) is 11.4 Å². The van der Waals surface area contributed by atoms with Gasteiger partial charge in [0.25, 0.3) is 0 Å². The zero-order valence-electron chi connectivity index (χ0n) is 15.2. The number of fused-ring (bicyclic) bond motifs is 1. The van der Waals surface area contributed by atoms with Crippen LogP contribution in [0.15, 0.2) is 4.63 Å². The molecule has 136 valence electrons. The van der Waals surface area contributed by atoms with Crippen LogP contribution in [0.5, 0.6) is 0 Å². The van der Waals surface area contributed by atoms with Gasteiger partial charge in [-0.2, -0.15) is 5.10 Å². The predicted molar refractivity (Wildman–Crippen MR) is 90.3 cm³/mol. The van der Waals surface area contributed by atoms with Crippen LogP contribution in [0.1, 0.15) is 53.4 Å². The van der Waals surface area contributed by atoms with Crippen LogP contribution in [0, 0.1) is 12.8 Å². The van der Waals surface area contributed by atoms with Crippen molar-refractivity contribution in [2.75, 3.05) is 7.05 Å². The normalized spacial score (nSPS) is 17.3. The van der Waals surface area contributed by atoms with Gasteiger partial charge in [-0.3, -0.25) is 9.58 Å². The van der Waals surface area contributed by atoms with Gasteiger partial charge in [-0.25, -0.2) is 9.42 Å². The molecule has 0 amide bonds. The van der Waals surface area contributed by atoms with Crippen molar-refractivity contribution in [1.29, 1.82) is 0 Å². The maximum absolute atomic E-state index is 11.6. The van der Waals surface area contributed by atoms with Gasteiger partial charge in [-0.1, -0.05) is 24.2 Å². The molecule has 1 atom stereocenters. The lowest BCUT2D eigenvalue weighted by atomic mass is 9.90. The summed E-state index contributed by atoms with van der Waals surface area (Å²) < 4.78 is 6.66. The van der Waals surface area contributed by atoms with Gasteiger partial charge in [0.05, 0.1) is 0 Å². The molecule has 0 fully saturated rings. The molecule has 0 saturated heterocycles. The highest BCUT2D eigenvalue weighted by Gasteiger charge is 2.31. The summed E-state index contributed by atoms with van der Waals surface area (Å²) in [5.74, 6) is -0.521. The van der Waals surface area contributed by atoms with Crippen LogP contribution in [0.25, 0.3) is 0 Å². The van der Waals surface area contributed by atoms with E-state index in [9.17, 15) is 9.90 Å². The maximum Gasteiger partial charge on any atom is 0.356 e. The SMILES string of the molecule is Cc1nonc1CN(C)[C@@H]1CCc2c(c(C(=O)O)nn2CC(C)C)C1. The summed E-state index contributed by atoms with van der Waals surface area (Å²) in [5, 5.41) is 21.7. The Labute approximate surface area is 146 Å². The Kier molecular flexibility index (Phi) is 4.89. The third-order valence-corrected chi connectivity index (χ3v) is 4.83. The second-order valence-electron chi connectivity index (χ2n) is 7.26. The van der Waals surface area contributed by atoms with Crippen molar-refractivity contribution in [1.82, 2.24) is 25.0 Å². The molecule has 0 bridgehead atoms. The molecule has 3 rings (SSSR count). The summed E-state index contributed by atoms with van der Waals surface area (Å²) in [6.45, 7) is 7.49. The molecule has 0 radical (unpaired) electrons. The molecular weight excluding hydrogens is 322 g/mol. The van der Waals surface area contributed by atoms with Crippen LogP contribution in [-0.2, 0) is 25.9 Å². The van der Waals surface area contributed by atoms with Crippen LogP contribution in [0.3, 0.4) is 0 Å². The number of nitrogens with zero attached hydrogens (tertiary/aromatic N) is 5. The van der Waals surface area contributed by atoms with Crippen molar-refractivity contribution in [2.24, 2.45) is 5.92 Å². The van der Waals surface area contributed by atoms with E-state index in [0.29, 0.717) is 18.9 Å². The van der Waals surface area contributed by atoms with Gasteiger partial charge in [0, 0.05) is 30.4 Å². The lowest BCUT2D eigenvalue weighted by Crippen LogP contribution is -2.37. The standard InChI is InChI=1S/C17H25N5O3/c1-10(2)8-22-15-6-5-12(7-13(15)16(18-22)17(23)24)21(4)9-14-11(3)19-25-20-14/h10,12H,5-9H2,1-4H3,(H,23,24)/t12-/m1/s1. The summed E-state index contributed by atoms with van der Waals surface area (Å²) >= 11 is 0. The number of hydrogen-bond donors (Lipinski definition) is 1. The van der Waals surface area contributed by atoms with Crippen LogP contribution >= 0.6 is 0 Å². The monoisotopic (exact) mass is 347 g/mol. The molecule has 1 aliphatic carbocycles. The first-order valence-electron chi connectivity index (χ1n) is 8.67. The summed E-state index contributed by atoms with van der Waals surface area (Å²) in [6, 6.07) is 0.249. The van der Waals surface area contributed by atoms with E-state index in [1.54, 1.807) is 0 Å². The van der Waals surface area contributed by atoms with Gasteiger partial charge in [0.15, 0.2) is 5.69 Å². The van der Waals surface area contributed by atoms with Crippen LogP contribution in [0.4, 0.5) is 0 Å². The largest absolute Gasteiger partial charge is 0.476 e. The third-order valence-electron chi connectivity index (χ3n) is 4.83. The number of carbonyl (C=O) groups is 1. The van der Waals surface area contributed by atoms with E-state index in [-0.39, 0.29) is 11.7 Å². The number of aromatic carboxylic acids is 1. The molecule has 2 aromatic heterocycles. The Morgan fingerprint density at radius 2 is 2.20 bits per heavy atom. The Morgan fingerprint density at radius 3 is 2.80 bits per heavy atom. The van der Waals surface area contributed by atoms with Crippen molar-refractivity contribution in [3.8, 4) is 0 Å². The molecule has 8 heteroatoms. The van der Waals surface area contributed by atoms with Gasteiger partial charge in [0.2, 0.25) is 0 Å². The minimum Gasteiger partial charge on any atom is -0.476 e. The molecule has 25 heavy (non-hydrogen) atoms. The summed E-state index contributed by atoms with van der Waals surface area (Å²) in [5.41, 5.74) is 3.77. The number of hydrogen-bond acceptors (Lipinski definition) is 6. The molecule has 0 saturated carbocycles. The topological polar surface area (TPSA) is 97.3 Å². The second-order valence-corrected chi connectivity index (χ2v) is 7.26. The van der Waals surface area contributed by atoms with E-state index in [1.807, 2.05) is 18.7 Å². The smallest absolute Gasteiger partial charge is 0.356 e. The molecule has 8 nitrogen and oxygen atoms in total. The van der Waals surface area contributed by atoms with E-state index >= 15 is 0 Å². The van der Waals surface area contributed by atoms with Gasteiger partial charge >= 0.3 is 5.97 Å². The molecular formula is C17H25N5O3. The summed E-state index contributed by atoms with van der Waals surface area (Å²) in [4.78, 5) is 13.8. The minimum absolute atomic E-state index is 0.202. The minimum atomic E-state index is -0.946. The average Bonchev–Trinajstić information content (AvgIpc) is 3.11. The highest BCUT2D eigenvalue weighted by atomic mass is 16.6. The van der Waals surface area contributed by atoms with Gasteiger partial charge in [-0.15, -0.1) is 0 Å². The van der Waals surface area contributed by atoms with E-state index < -0.39 is 5.97 Å². The van der Waals surface area contributed by atoms with Gasteiger partial charge in [-0.05, 0) is 39.2 Å². The van der Waals surface area contributed by atoms with Crippen molar-refractivity contribution in [3.63, 3.8) is 0 Å².